The highest BCUT2D eigenvalue weighted by molar-refractivity contribution is 5.92. The maximum Gasteiger partial charge on any atom is 0.343 e. The summed E-state index contributed by atoms with van der Waals surface area (Å²) < 4.78 is 32.9. The van der Waals surface area contributed by atoms with Crippen molar-refractivity contribution in [1.82, 2.24) is 0 Å². The predicted octanol–water partition coefficient (Wildman–Crippen LogP) is 8.57. The second kappa shape index (κ2) is 22.7. The zero-order valence-corrected chi connectivity index (χ0v) is 29.4. The molecule has 0 amide bonds. The lowest BCUT2D eigenvalue weighted by molar-refractivity contribution is -0.147. The number of hydrogen-bond acceptors (Lipinski definition) is 10. The molecule has 0 N–H and O–H groups in total. The summed E-state index contributed by atoms with van der Waals surface area (Å²) in [6, 6.07) is 19.2. The van der Waals surface area contributed by atoms with Gasteiger partial charge in [0.25, 0.3) is 0 Å². The summed E-state index contributed by atoms with van der Waals surface area (Å²) in [5, 5.41) is 0. The normalized spacial score (nSPS) is 11.5. The van der Waals surface area contributed by atoms with Crippen LogP contribution in [0.5, 0.6) is 23.0 Å². The van der Waals surface area contributed by atoms with Gasteiger partial charge in [0.15, 0.2) is 0 Å². The van der Waals surface area contributed by atoms with Crippen LogP contribution in [0.4, 0.5) is 0 Å². The molecule has 3 aromatic rings. The average molecular weight is 711 g/mol. The van der Waals surface area contributed by atoms with E-state index < -0.39 is 11.9 Å². The van der Waals surface area contributed by atoms with Crippen molar-refractivity contribution >= 4 is 23.9 Å². The molecule has 52 heavy (non-hydrogen) atoms. The van der Waals surface area contributed by atoms with Crippen LogP contribution in [-0.4, -0.2) is 49.3 Å². The first-order valence-electron chi connectivity index (χ1n) is 17.1. The summed E-state index contributed by atoms with van der Waals surface area (Å²) in [5.74, 6) is 0.0220. The highest BCUT2D eigenvalue weighted by Gasteiger charge is 2.13. The van der Waals surface area contributed by atoms with Crippen LogP contribution in [0.15, 0.2) is 123 Å². The van der Waals surface area contributed by atoms with E-state index in [1.807, 2.05) is 0 Å². The largest absolute Gasteiger partial charge is 0.494 e. The molecule has 2 unspecified atom stereocenters. The molecule has 0 heterocycles. The smallest absolute Gasteiger partial charge is 0.343 e. The van der Waals surface area contributed by atoms with Crippen LogP contribution in [0.2, 0.25) is 0 Å². The van der Waals surface area contributed by atoms with Gasteiger partial charge in [-0.25, -0.2) is 9.59 Å². The number of rotatable bonds is 24. The third kappa shape index (κ3) is 14.9. The fourth-order valence-corrected chi connectivity index (χ4v) is 4.57. The van der Waals surface area contributed by atoms with E-state index >= 15 is 0 Å². The van der Waals surface area contributed by atoms with Gasteiger partial charge in [0.05, 0.1) is 24.3 Å². The van der Waals surface area contributed by atoms with Crippen LogP contribution in [0.3, 0.4) is 0 Å². The minimum absolute atomic E-state index is 0.277. The molecule has 3 aromatic carbocycles. The van der Waals surface area contributed by atoms with Crippen molar-refractivity contribution in [2.75, 3.05) is 13.2 Å². The Morgan fingerprint density at radius 1 is 0.500 bits per heavy atom. The summed E-state index contributed by atoms with van der Waals surface area (Å²) in [5.41, 5.74) is 0.659. The molecule has 3 rings (SSSR count). The topological polar surface area (TPSA) is 124 Å². The lowest BCUT2D eigenvalue weighted by Crippen LogP contribution is -2.15. The molecule has 0 aliphatic carbocycles. The van der Waals surface area contributed by atoms with E-state index in [-0.39, 0.29) is 48.5 Å². The Bertz CT molecular complexity index is 1500. The second-order valence-electron chi connectivity index (χ2n) is 11.5. The first kappa shape index (κ1) is 40.5. The number of ether oxygens (including phenoxy) is 6. The summed E-state index contributed by atoms with van der Waals surface area (Å²) in [6.07, 6.45) is 9.96. The van der Waals surface area contributed by atoms with Crippen LogP contribution in [0.1, 0.15) is 72.1 Å². The van der Waals surface area contributed by atoms with E-state index in [1.165, 1.54) is 24.3 Å². The van der Waals surface area contributed by atoms with Crippen LogP contribution in [-0.2, 0) is 19.1 Å². The summed E-state index contributed by atoms with van der Waals surface area (Å²) in [4.78, 5) is 49.2. The number of esters is 4. The standard InChI is InChI=1S/C42H46O10/c1-5-13-33(7-3)49-39(43)15-9-11-29-47-35-21-17-31(18-22-35)41(45)51-37-25-27-38(28-26-37)52-42(46)32-19-23-36(24-20-32)48-30-12-10-16-40(44)50-34(8-4)14-6-2/h5-8,17-28,33-34H,1-4,9-16,29-30H2. The maximum atomic E-state index is 12.7. The summed E-state index contributed by atoms with van der Waals surface area (Å²) in [7, 11) is 0. The molecular formula is C42H46O10. The predicted molar refractivity (Wildman–Crippen MR) is 198 cm³/mol. The van der Waals surface area contributed by atoms with E-state index in [2.05, 4.69) is 26.3 Å². The monoisotopic (exact) mass is 710 g/mol. The Hall–Kier alpha value is -5.90. The SMILES string of the molecule is C=CCC(C=C)OC(=O)CCCCOc1ccc(C(=O)Oc2ccc(OC(=O)c3ccc(OCCCCC(=O)OC(C=C)CC=C)cc3)cc2)cc1. The summed E-state index contributed by atoms with van der Waals surface area (Å²) >= 11 is 0. The molecule has 0 fully saturated rings. The van der Waals surface area contributed by atoms with Gasteiger partial charge in [-0.1, -0.05) is 37.5 Å². The molecule has 0 spiro atoms. The highest BCUT2D eigenvalue weighted by Crippen LogP contribution is 2.22. The molecular weight excluding hydrogens is 664 g/mol. The zero-order valence-electron chi connectivity index (χ0n) is 29.4. The molecule has 0 saturated carbocycles. The summed E-state index contributed by atoms with van der Waals surface area (Å²) in [6.45, 7) is 15.4. The molecule has 10 nitrogen and oxygen atoms in total. The Balaban J connectivity index is 1.34. The van der Waals surface area contributed by atoms with Crippen LogP contribution in [0, 0.1) is 0 Å². The first-order valence-corrected chi connectivity index (χ1v) is 17.1. The van der Waals surface area contributed by atoms with E-state index in [0.717, 1.165) is 0 Å². The van der Waals surface area contributed by atoms with Crippen LogP contribution < -0.4 is 18.9 Å². The Kier molecular flexibility index (Phi) is 17.7. The van der Waals surface area contributed by atoms with E-state index in [0.29, 0.717) is 74.4 Å². The van der Waals surface area contributed by atoms with E-state index in [9.17, 15) is 19.2 Å². The Labute approximate surface area is 305 Å². The molecule has 0 saturated heterocycles. The number of unbranched alkanes of at least 4 members (excludes halogenated alkanes) is 2. The van der Waals surface area contributed by atoms with Gasteiger partial charge in [-0.05, 0) is 98.5 Å². The van der Waals surface area contributed by atoms with Crippen molar-refractivity contribution in [1.29, 1.82) is 0 Å². The quantitative estimate of drug-likeness (QED) is 0.0387. The van der Waals surface area contributed by atoms with Crippen molar-refractivity contribution in [3.63, 3.8) is 0 Å². The molecule has 274 valence electrons. The Morgan fingerprint density at radius 2 is 0.846 bits per heavy atom. The van der Waals surface area contributed by atoms with Crippen molar-refractivity contribution in [3.05, 3.63) is 135 Å². The fraction of sp³-hybridized carbons (Fsp3) is 0.286. The Morgan fingerprint density at radius 3 is 1.17 bits per heavy atom. The van der Waals surface area contributed by atoms with Gasteiger partial charge in [0.2, 0.25) is 0 Å². The highest BCUT2D eigenvalue weighted by atomic mass is 16.6. The number of benzene rings is 3. The van der Waals surface area contributed by atoms with E-state index in [4.69, 9.17) is 28.4 Å². The minimum Gasteiger partial charge on any atom is -0.494 e. The lowest BCUT2D eigenvalue weighted by atomic mass is 10.2. The number of carbonyl (C=O) groups is 4. The average Bonchev–Trinajstić information content (AvgIpc) is 3.15. The van der Waals surface area contributed by atoms with Crippen molar-refractivity contribution in [2.45, 2.75) is 63.6 Å². The van der Waals surface area contributed by atoms with Gasteiger partial charge < -0.3 is 28.4 Å². The molecule has 0 bridgehead atoms. The first-order chi connectivity index (χ1) is 25.2. The molecule has 0 aliphatic rings. The van der Waals surface area contributed by atoms with Gasteiger partial charge in [-0.2, -0.15) is 0 Å². The second-order valence-corrected chi connectivity index (χ2v) is 11.5. The third-order valence-corrected chi connectivity index (χ3v) is 7.40. The van der Waals surface area contributed by atoms with Crippen LogP contribution in [0.25, 0.3) is 0 Å². The maximum absolute atomic E-state index is 12.7. The van der Waals surface area contributed by atoms with Crippen molar-refractivity contribution < 1.29 is 47.6 Å². The minimum atomic E-state index is -0.560. The van der Waals surface area contributed by atoms with Gasteiger partial charge in [-0.3, -0.25) is 9.59 Å². The molecule has 0 radical (unpaired) electrons. The van der Waals surface area contributed by atoms with Gasteiger partial charge in [0, 0.05) is 25.7 Å². The van der Waals surface area contributed by atoms with Crippen molar-refractivity contribution in [3.8, 4) is 23.0 Å². The molecule has 0 aromatic heterocycles. The van der Waals surface area contributed by atoms with Crippen molar-refractivity contribution in [2.24, 2.45) is 0 Å². The van der Waals surface area contributed by atoms with E-state index in [1.54, 1.807) is 72.8 Å². The van der Waals surface area contributed by atoms with Gasteiger partial charge in [-0.15, -0.1) is 13.2 Å². The fourth-order valence-electron chi connectivity index (χ4n) is 4.57. The third-order valence-electron chi connectivity index (χ3n) is 7.40. The molecule has 10 heteroatoms. The van der Waals surface area contributed by atoms with Gasteiger partial charge >= 0.3 is 23.9 Å². The lowest BCUT2D eigenvalue weighted by Gasteiger charge is -2.12. The number of hydrogen-bond donors (Lipinski definition) is 0. The van der Waals surface area contributed by atoms with Crippen LogP contribution >= 0.6 is 0 Å². The molecule has 0 aliphatic heterocycles. The molecule has 2 atom stereocenters. The zero-order chi connectivity index (χ0) is 37.6. The number of carbonyl (C=O) groups excluding carboxylic acids is 4. The van der Waals surface area contributed by atoms with Gasteiger partial charge in [0.1, 0.15) is 35.2 Å².